The molecule has 2 aromatic heterocycles. The van der Waals surface area contributed by atoms with Gasteiger partial charge in [-0.2, -0.15) is 18.3 Å². The van der Waals surface area contributed by atoms with Gasteiger partial charge in [0, 0.05) is 11.8 Å². The van der Waals surface area contributed by atoms with Crippen LogP contribution in [-0.4, -0.2) is 27.8 Å². The first-order chi connectivity index (χ1) is 10.3. The lowest BCUT2D eigenvalue weighted by Gasteiger charge is -2.07. The Morgan fingerprint density at radius 1 is 1.36 bits per heavy atom. The zero-order chi connectivity index (χ0) is 16.3. The van der Waals surface area contributed by atoms with Gasteiger partial charge in [0.2, 0.25) is 0 Å². The van der Waals surface area contributed by atoms with E-state index >= 15 is 0 Å². The maximum absolute atomic E-state index is 12.4. The number of aromatic amines is 1. The molecule has 0 saturated carbocycles. The Hall–Kier alpha value is -2.71. The average Bonchev–Trinajstić information content (AvgIpc) is 2.47. The lowest BCUT2D eigenvalue weighted by molar-refractivity contribution is -0.141. The molecule has 0 atom stereocenters. The minimum Gasteiger partial charge on any atom is -0.462 e. The zero-order valence-electron chi connectivity index (χ0n) is 11.3. The van der Waals surface area contributed by atoms with E-state index in [1.807, 2.05) is 0 Å². The molecule has 0 aliphatic carbocycles. The quantitative estimate of drug-likeness (QED) is 0.876. The second-order valence-electron chi connectivity index (χ2n) is 4.15. The van der Waals surface area contributed by atoms with E-state index in [1.165, 1.54) is 0 Å². The smallest absolute Gasteiger partial charge is 0.433 e. The monoisotopic (exact) mass is 313 g/mol. The highest BCUT2D eigenvalue weighted by molar-refractivity contribution is 5.90. The van der Waals surface area contributed by atoms with Crippen LogP contribution in [0.5, 0.6) is 0 Å². The van der Waals surface area contributed by atoms with Crippen LogP contribution in [0.25, 0.3) is 11.3 Å². The third-order valence-corrected chi connectivity index (χ3v) is 2.65. The number of hydrogen-bond acceptors (Lipinski definition) is 5. The molecule has 0 spiro atoms. The molecule has 116 valence electrons. The van der Waals surface area contributed by atoms with Crippen LogP contribution in [-0.2, 0) is 10.9 Å². The van der Waals surface area contributed by atoms with Gasteiger partial charge in [0.1, 0.15) is 11.3 Å². The summed E-state index contributed by atoms with van der Waals surface area (Å²) in [7, 11) is 0. The second-order valence-corrected chi connectivity index (χ2v) is 4.15. The van der Waals surface area contributed by atoms with Crippen LogP contribution >= 0.6 is 0 Å². The molecule has 0 saturated heterocycles. The van der Waals surface area contributed by atoms with Crippen LogP contribution < -0.4 is 5.56 Å². The van der Waals surface area contributed by atoms with Crippen LogP contribution in [0.4, 0.5) is 13.2 Å². The molecule has 6 nitrogen and oxygen atoms in total. The number of ether oxygens (including phenoxy) is 1. The van der Waals surface area contributed by atoms with E-state index < -0.39 is 23.4 Å². The molecule has 2 heterocycles. The van der Waals surface area contributed by atoms with Crippen molar-refractivity contribution >= 4 is 5.97 Å². The van der Waals surface area contributed by atoms with Crippen molar-refractivity contribution in [3.8, 4) is 11.3 Å². The van der Waals surface area contributed by atoms with Crippen LogP contribution in [0.15, 0.2) is 29.2 Å². The number of carbonyl (C=O) groups excluding carboxylic acids is 1. The summed E-state index contributed by atoms with van der Waals surface area (Å²) in [6.07, 6.45) is -3.59. The fraction of sp³-hybridized carbons (Fsp3) is 0.231. The molecule has 0 aliphatic rings. The van der Waals surface area contributed by atoms with E-state index in [4.69, 9.17) is 4.74 Å². The molecule has 2 aromatic rings. The summed E-state index contributed by atoms with van der Waals surface area (Å²) in [5.74, 6) is -0.840. The van der Waals surface area contributed by atoms with E-state index in [0.29, 0.717) is 0 Å². The van der Waals surface area contributed by atoms with Gasteiger partial charge in [0.15, 0.2) is 0 Å². The standard InChI is InChI=1S/C13H10F3N3O3/c1-2-22-12(21)8-5-9(18-19-11(8)20)7-3-4-10(17-6-7)13(14,15)16/h3-6H,2H2,1H3,(H,19,20). The van der Waals surface area contributed by atoms with Gasteiger partial charge in [-0.3, -0.25) is 9.78 Å². The minimum absolute atomic E-state index is 0.0811. The van der Waals surface area contributed by atoms with Crippen molar-refractivity contribution in [2.75, 3.05) is 6.61 Å². The van der Waals surface area contributed by atoms with E-state index in [9.17, 15) is 22.8 Å². The maximum Gasteiger partial charge on any atom is 0.433 e. The van der Waals surface area contributed by atoms with Crippen LogP contribution in [0.3, 0.4) is 0 Å². The number of esters is 1. The number of hydrogen-bond donors (Lipinski definition) is 1. The van der Waals surface area contributed by atoms with E-state index in [2.05, 4.69) is 15.2 Å². The van der Waals surface area contributed by atoms with Gasteiger partial charge in [0.05, 0.1) is 12.3 Å². The van der Waals surface area contributed by atoms with Crippen LogP contribution in [0.2, 0.25) is 0 Å². The number of rotatable bonds is 3. The Morgan fingerprint density at radius 2 is 2.09 bits per heavy atom. The number of nitrogens with one attached hydrogen (secondary N) is 1. The summed E-state index contributed by atoms with van der Waals surface area (Å²) in [6, 6.07) is 3.07. The number of nitrogens with zero attached hydrogens (tertiary/aromatic N) is 2. The molecule has 0 amide bonds. The summed E-state index contributed by atoms with van der Waals surface area (Å²) in [6.45, 7) is 1.66. The topological polar surface area (TPSA) is 84.9 Å². The summed E-state index contributed by atoms with van der Waals surface area (Å²) >= 11 is 0. The van der Waals surface area contributed by atoms with Crippen molar-refractivity contribution in [2.45, 2.75) is 13.1 Å². The van der Waals surface area contributed by atoms with Crippen molar-refractivity contribution in [1.29, 1.82) is 0 Å². The molecule has 0 aliphatic heterocycles. The molecular formula is C13H10F3N3O3. The molecule has 0 bridgehead atoms. The fourth-order valence-corrected chi connectivity index (χ4v) is 1.63. The van der Waals surface area contributed by atoms with Crippen molar-refractivity contribution in [1.82, 2.24) is 15.2 Å². The summed E-state index contributed by atoms with van der Waals surface area (Å²) in [4.78, 5) is 26.4. The Bertz CT molecular complexity index is 739. The third-order valence-electron chi connectivity index (χ3n) is 2.65. The van der Waals surface area contributed by atoms with E-state index in [-0.39, 0.29) is 23.4 Å². The van der Waals surface area contributed by atoms with Gasteiger partial charge in [-0.25, -0.2) is 9.89 Å². The van der Waals surface area contributed by atoms with Gasteiger partial charge in [-0.15, -0.1) is 0 Å². The predicted molar refractivity (Wildman–Crippen MR) is 69.0 cm³/mol. The molecule has 0 unspecified atom stereocenters. The molecule has 0 radical (unpaired) electrons. The summed E-state index contributed by atoms with van der Waals surface area (Å²) in [5, 5.41) is 5.77. The van der Waals surface area contributed by atoms with Gasteiger partial charge in [0.25, 0.3) is 5.56 Å². The highest BCUT2D eigenvalue weighted by atomic mass is 19.4. The zero-order valence-corrected chi connectivity index (χ0v) is 11.3. The number of pyridine rings is 1. The van der Waals surface area contributed by atoms with Gasteiger partial charge in [-0.05, 0) is 25.1 Å². The predicted octanol–water partition coefficient (Wildman–Crippen LogP) is 2.03. The number of carbonyl (C=O) groups is 1. The molecule has 0 fully saturated rings. The van der Waals surface area contributed by atoms with Gasteiger partial charge < -0.3 is 4.74 Å². The Morgan fingerprint density at radius 3 is 2.64 bits per heavy atom. The van der Waals surface area contributed by atoms with Gasteiger partial charge in [-0.1, -0.05) is 0 Å². The highest BCUT2D eigenvalue weighted by Crippen LogP contribution is 2.28. The third kappa shape index (κ3) is 3.30. The SMILES string of the molecule is CCOC(=O)c1cc(-c2ccc(C(F)(F)F)nc2)n[nH]c1=O. The average molecular weight is 313 g/mol. The molecule has 9 heteroatoms. The van der Waals surface area contributed by atoms with Crippen LogP contribution in [0.1, 0.15) is 23.0 Å². The second kappa shape index (κ2) is 5.96. The Balaban J connectivity index is 2.39. The lowest BCUT2D eigenvalue weighted by atomic mass is 10.1. The number of H-pyrrole nitrogens is 1. The molecular weight excluding hydrogens is 303 g/mol. The molecule has 22 heavy (non-hydrogen) atoms. The van der Waals surface area contributed by atoms with Gasteiger partial charge >= 0.3 is 12.1 Å². The maximum atomic E-state index is 12.4. The number of aromatic nitrogens is 3. The lowest BCUT2D eigenvalue weighted by Crippen LogP contribution is -2.21. The van der Waals surface area contributed by atoms with E-state index in [1.54, 1.807) is 6.92 Å². The normalized spacial score (nSPS) is 11.3. The Kier molecular flexibility index (Phi) is 4.25. The number of alkyl halides is 3. The first-order valence-corrected chi connectivity index (χ1v) is 6.13. The fourth-order valence-electron chi connectivity index (χ4n) is 1.63. The molecule has 1 N–H and O–H groups in total. The highest BCUT2D eigenvalue weighted by Gasteiger charge is 2.32. The van der Waals surface area contributed by atoms with Crippen LogP contribution in [0, 0.1) is 0 Å². The molecule has 0 aromatic carbocycles. The van der Waals surface area contributed by atoms with Crippen molar-refractivity contribution in [3.63, 3.8) is 0 Å². The summed E-state index contributed by atoms with van der Waals surface area (Å²) < 4.78 is 42.0. The first kappa shape index (κ1) is 15.7. The first-order valence-electron chi connectivity index (χ1n) is 6.13. The minimum atomic E-state index is -4.55. The van der Waals surface area contributed by atoms with Crippen molar-refractivity contribution in [3.05, 3.63) is 46.0 Å². The van der Waals surface area contributed by atoms with Crippen molar-refractivity contribution in [2.24, 2.45) is 0 Å². The molecule has 2 rings (SSSR count). The largest absolute Gasteiger partial charge is 0.462 e. The van der Waals surface area contributed by atoms with E-state index in [0.717, 1.165) is 24.4 Å². The summed E-state index contributed by atoms with van der Waals surface area (Å²) in [5.41, 5.74) is -1.77. The van der Waals surface area contributed by atoms with Crippen molar-refractivity contribution < 1.29 is 22.7 Å². The Labute approximate surface area is 122 Å². The number of halogens is 3.